The van der Waals surface area contributed by atoms with Crippen molar-refractivity contribution in [3.8, 4) is 0 Å². The van der Waals surface area contributed by atoms with Crippen LogP contribution in [-0.4, -0.2) is 47.0 Å². The molecule has 0 amide bonds. The molecule has 0 N–H and O–H groups in total. The van der Waals surface area contributed by atoms with Crippen LogP contribution in [0.5, 0.6) is 0 Å². The topological polar surface area (TPSA) is 27.7 Å². The van der Waals surface area contributed by atoms with E-state index in [9.17, 15) is 13.2 Å². The summed E-state index contributed by atoms with van der Waals surface area (Å²) in [6.07, 6.45) is 0.343. The first-order chi connectivity index (χ1) is 14.1. The lowest BCUT2D eigenvalue weighted by Gasteiger charge is -2.42. The van der Waals surface area contributed by atoms with Gasteiger partial charge in [0.15, 0.2) is 8.32 Å². The molecule has 3 atom stereocenters. The summed E-state index contributed by atoms with van der Waals surface area (Å²) in [5, 5.41) is 0.0778. The Morgan fingerprint density at radius 2 is 1.71 bits per heavy atom. The first kappa shape index (κ1) is 30.1. The van der Waals surface area contributed by atoms with Gasteiger partial charge in [-0.15, -0.1) is 6.58 Å². The highest BCUT2D eigenvalue weighted by Crippen LogP contribution is 2.39. The average molecular weight is 465 g/mol. The van der Waals surface area contributed by atoms with E-state index in [1.807, 2.05) is 13.8 Å². The Balaban J connectivity index is 5.12. The second kappa shape index (κ2) is 13.0. The van der Waals surface area contributed by atoms with E-state index in [2.05, 4.69) is 53.4 Å². The predicted octanol–water partition coefficient (Wildman–Crippen LogP) is 7.47. The molecule has 0 unspecified atom stereocenters. The Morgan fingerprint density at radius 1 is 1.13 bits per heavy atom. The summed E-state index contributed by atoms with van der Waals surface area (Å²) in [5.41, 5.74) is 0.381. The van der Waals surface area contributed by atoms with Gasteiger partial charge in [-0.05, 0) is 44.8 Å². The summed E-state index contributed by atoms with van der Waals surface area (Å²) in [6, 6.07) is 0. The number of methoxy groups -OCH3 is 1. The highest BCUT2D eigenvalue weighted by molar-refractivity contribution is 6.74. The fourth-order valence-corrected chi connectivity index (χ4v) is 4.31. The molecule has 0 spiro atoms. The molecule has 0 saturated heterocycles. The summed E-state index contributed by atoms with van der Waals surface area (Å²) < 4.78 is 56.8. The summed E-state index contributed by atoms with van der Waals surface area (Å²) in [6.45, 7) is 20.7. The van der Waals surface area contributed by atoms with Gasteiger partial charge >= 0.3 is 6.18 Å². The number of allylic oxidation sites excluding steroid dienone is 2. The second-order valence-corrected chi connectivity index (χ2v) is 14.5. The zero-order chi connectivity index (χ0) is 24.5. The molecule has 0 radical (unpaired) electrons. The normalized spacial score (nSPS) is 17.4. The third-order valence-electron chi connectivity index (χ3n) is 5.90. The molecule has 7 heteroatoms. The maximum atomic E-state index is 13.0. The smallest absolute Gasteiger partial charge is 0.411 e. The molecule has 0 rings (SSSR count). The van der Waals surface area contributed by atoms with Gasteiger partial charge in [-0.25, -0.2) is 0 Å². The van der Waals surface area contributed by atoms with Crippen LogP contribution >= 0.6 is 0 Å². The lowest BCUT2D eigenvalue weighted by Crippen LogP contribution is -2.48. The van der Waals surface area contributed by atoms with E-state index in [1.165, 1.54) is 6.08 Å². The van der Waals surface area contributed by atoms with E-state index in [4.69, 9.17) is 13.9 Å². The molecule has 0 saturated carbocycles. The molecule has 0 bridgehead atoms. The fraction of sp³-hybridized carbons (Fsp3) is 0.750. The van der Waals surface area contributed by atoms with Gasteiger partial charge < -0.3 is 13.9 Å². The Morgan fingerprint density at radius 3 is 2.16 bits per heavy atom. The molecular weight excluding hydrogens is 421 g/mol. The van der Waals surface area contributed by atoms with Gasteiger partial charge in [0.25, 0.3) is 0 Å². The van der Waals surface area contributed by atoms with Crippen LogP contribution in [0.2, 0.25) is 18.1 Å². The first-order valence-electron chi connectivity index (χ1n) is 10.9. The molecule has 0 heterocycles. The van der Waals surface area contributed by atoms with Crippen molar-refractivity contribution >= 4 is 8.32 Å². The molecular formula is C24H43F3O3Si. The van der Waals surface area contributed by atoms with Gasteiger partial charge in [0.1, 0.15) is 0 Å². The molecule has 3 nitrogen and oxygen atoms in total. The van der Waals surface area contributed by atoms with Crippen molar-refractivity contribution in [3.05, 3.63) is 36.0 Å². The standard InChI is InChI=1S/C24H43F3O3Si/c1-11-12-13-21(24(25,26)27)14-15-29-17-18(2)16-19(3)22(20(4)28-8)30-31(9,10)23(5,6)7/h11,14,16,19-20,22H,1,12-13,15,17H2,2-10H3/b18-16-,21-14-/t19-,20+,22+/m1/s1. The molecule has 0 aromatic rings. The van der Waals surface area contributed by atoms with E-state index in [-0.39, 0.29) is 49.2 Å². The van der Waals surface area contributed by atoms with Crippen LogP contribution in [0.1, 0.15) is 54.4 Å². The summed E-state index contributed by atoms with van der Waals surface area (Å²) in [4.78, 5) is 0. The molecule has 182 valence electrons. The van der Waals surface area contributed by atoms with Crippen LogP contribution in [0.4, 0.5) is 13.2 Å². The van der Waals surface area contributed by atoms with Crippen molar-refractivity contribution in [1.82, 2.24) is 0 Å². The van der Waals surface area contributed by atoms with Crippen LogP contribution in [-0.2, 0) is 13.9 Å². The Kier molecular flexibility index (Phi) is 12.6. The van der Waals surface area contributed by atoms with Crippen LogP contribution in [0, 0.1) is 5.92 Å². The van der Waals surface area contributed by atoms with Gasteiger partial charge in [0, 0.05) is 18.6 Å². The van der Waals surface area contributed by atoms with Crippen molar-refractivity contribution in [2.75, 3.05) is 20.3 Å². The Bertz CT molecular complexity index is 604. The summed E-state index contributed by atoms with van der Waals surface area (Å²) in [7, 11) is -0.319. The van der Waals surface area contributed by atoms with Gasteiger partial charge in [-0.3, -0.25) is 0 Å². The highest BCUT2D eigenvalue weighted by atomic mass is 28.4. The zero-order valence-corrected chi connectivity index (χ0v) is 21.9. The lowest BCUT2D eigenvalue weighted by atomic mass is 9.98. The van der Waals surface area contributed by atoms with Crippen molar-refractivity contribution in [3.63, 3.8) is 0 Å². The molecule has 31 heavy (non-hydrogen) atoms. The molecule has 0 aliphatic heterocycles. The maximum absolute atomic E-state index is 13.0. The third kappa shape index (κ3) is 11.0. The number of alkyl halides is 3. The Hall–Kier alpha value is -0.893. The molecule has 0 aliphatic carbocycles. The fourth-order valence-electron chi connectivity index (χ4n) is 2.87. The summed E-state index contributed by atoms with van der Waals surface area (Å²) in [5.74, 6) is 0.0709. The van der Waals surface area contributed by atoms with Gasteiger partial charge in [-0.1, -0.05) is 51.5 Å². The molecule has 0 aromatic carbocycles. The van der Waals surface area contributed by atoms with E-state index in [0.29, 0.717) is 0 Å². The van der Waals surface area contributed by atoms with Crippen molar-refractivity contribution in [2.24, 2.45) is 5.92 Å². The van der Waals surface area contributed by atoms with Crippen molar-refractivity contribution in [2.45, 2.75) is 90.9 Å². The van der Waals surface area contributed by atoms with E-state index in [0.717, 1.165) is 11.6 Å². The number of rotatable bonds is 13. The predicted molar refractivity (Wildman–Crippen MR) is 126 cm³/mol. The van der Waals surface area contributed by atoms with Gasteiger partial charge in [0.2, 0.25) is 0 Å². The van der Waals surface area contributed by atoms with Crippen LogP contribution < -0.4 is 0 Å². The maximum Gasteiger partial charge on any atom is 0.412 e. The monoisotopic (exact) mass is 464 g/mol. The molecule has 0 fully saturated rings. The number of hydrogen-bond acceptors (Lipinski definition) is 3. The average Bonchev–Trinajstić information content (AvgIpc) is 2.62. The minimum Gasteiger partial charge on any atom is -0.411 e. The van der Waals surface area contributed by atoms with E-state index >= 15 is 0 Å². The zero-order valence-electron chi connectivity index (χ0n) is 20.9. The van der Waals surface area contributed by atoms with Crippen LogP contribution in [0.15, 0.2) is 36.0 Å². The number of hydrogen-bond donors (Lipinski definition) is 0. The van der Waals surface area contributed by atoms with Crippen LogP contribution in [0.3, 0.4) is 0 Å². The van der Waals surface area contributed by atoms with Gasteiger partial charge in [-0.2, -0.15) is 13.2 Å². The molecule has 0 aliphatic rings. The van der Waals surface area contributed by atoms with Gasteiger partial charge in [0.05, 0.1) is 25.4 Å². The van der Waals surface area contributed by atoms with E-state index in [1.54, 1.807) is 7.11 Å². The van der Waals surface area contributed by atoms with E-state index < -0.39 is 20.1 Å². The second-order valence-electron chi connectivity index (χ2n) is 9.73. The SMILES string of the molecule is C=CCC/C(=C/COC/C(C)=C\[C@@H](C)[C@H](O[Si](C)(C)C(C)(C)C)[C@H](C)OC)C(F)(F)F. The largest absolute Gasteiger partial charge is 0.412 e. The van der Waals surface area contributed by atoms with Crippen LogP contribution in [0.25, 0.3) is 0 Å². The van der Waals surface area contributed by atoms with Crippen molar-refractivity contribution in [1.29, 1.82) is 0 Å². The molecule has 0 aromatic heterocycles. The first-order valence-corrected chi connectivity index (χ1v) is 13.8. The highest BCUT2D eigenvalue weighted by Gasteiger charge is 2.41. The minimum absolute atomic E-state index is 0.0709. The minimum atomic E-state index is -4.34. The third-order valence-corrected chi connectivity index (χ3v) is 10.4. The quantitative estimate of drug-likeness (QED) is 0.161. The van der Waals surface area contributed by atoms with Crippen molar-refractivity contribution < 1.29 is 27.1 Å². The Labute approximate surface area is 188 Å². The summed E-state index contributed by atoms with van der Waals surface area (Å²) >= 11 is 0. The number of ether oxygens (including phenoxy) is 2. The number of halogens is 3. The lowest BCUT2D eigenvalue weighted by molar-refractivity contribution is -0.0945.